The molecule has 0 unspecified atom stereocenters. The molecule has 0 fully saturated rings. The summed E-state index contributed by atoms with van der Waals surface area (Å²) in [5, 5.41) is 0. The monoisotopic (exact) mass is 345 g/mol. The van der Waals surface area contributed by atoms with Gasteiger partial charge in [0.25, 0.3) is 0 Å². The van der Waals surface area contributed by atoms with E-state index in [9.17, 15) is 0 Å². The van der Waals surface area contributed by atoms with E-state index in [1.54, 1.807) is 0 Å². The van der Waals surface area contributed by atoms with Crippen LogP contribution in [0.4, 0.5) is 0 Å². The van der Waals surface area contributed by atoms with Crippen molar-refractivity contribution in [3.8, 4) is 0 Å². The highest BCUT2D eigenvalue weighted by molar-refractivity contribution is 8.93. The molecule has 0 radical (unpaired) electrons. The minimum absolute atomic E-state index is 0. The van der Waals surface area contributed by atoms with Gasteiger partial charge in [0.05, 0.1) is 0 Å². The molecule has 0 N–H and O–H groups in total. The van der Waals surface area contributed by atoms with E-state index < -0.39 is 0 Å². The molecule has 0 bridgehead atoms. The molecule has 0 rings (SSSR count). The number of nitrogens with zero attached hydrogens (tertiary/aromatic N) is 1. The van der Waals surface area contributed by atoms with E-state index in [-0.39, 0.29) is 50.9 Å². The molecule has 0 aromatic rings. The van der Waals surface area contributed by atoms with Crippen molar-refractivity contribution < 1.29 is 0 Å². The molecular weight excluding hydrogens is 334 g/mol. The Morgan fingerprint density at radius 1 is 1.00 bits per heavy atom. The minimum atomic E-state index is 0. The van der Waals surface area contributed by atoms with Crippen molar-refractivity contribution >= 4 is 63.8 Å². The Balaban J connectivity index is -0.0000000417. The van der Waals surface area contributed by atoms with E-state index in [4.69, 9.17) is 0 Å². The lowest BCUT2D eigenvalue weighted by Gasteiger charge is -2.05. The standard InChI is InChI=1S/C4H11NS.3BrH/c1-3-5(6)4-2;;;/h6H,3-4H2,1-2H3;3*1H. The van der Waals surface area contributed by atoms with Gasteiger partial charge in [-0.25, -0.2) is 0 Å². The summed E-state index contributed by atoms with van der Waals surface area (Å²) in [6.07, 6.45) is 0. The number of rotatable bonds is 2. The molecule has 0 aliphatic heterocycles. The first-order valence-electron chi connectivity index (χ1n) is 2.25. The van der Waals surface area contributed by atoms with E-state index in [1.807, 2.05) is 4.31 Å². The highest BCUT2D eigenvalue weighted by Crippen LogP contribution is 1.86. The second kappa shape index (κ2) is 16.4. The Labute approximate surface area is 94.4 Å². The Morgan fingerprint density at radius 3 is 1.22 bits per heavy atom. The molecule has 0 aliphatic rings. The maximum Gasteiger partial charge on any atom is 0.00584 e. The van der Waals surface area contributed by atoms with Crippen molar-refractivity contribution in [2.24, 2.45) is 0 Å². The quantitative estimate of drug-likeness (QED) is 0.752. The van der Waals surface area contributed by atoms with Crippen LogP contribution < -0.4 is 0 Å². The van der Waals surface area contributed by atoms with Crippen LogP contribution in [-0.2, 0) is 0 Å². The zero-order valence-corrected chi connectivity index (χ0v) is 11.6. The molecule has 62 valence electrons. The van der Waals surface area contributed by atoms with Crippen molar-refractivity contribution in [3.63, 3.8) is 0 Å². The zero-order chi connectivity index (χ0) is 4.99. The molecule has 5 heteroatoms. The fourth-order valence-electron chi connectivity index (χ4n) is 0.224. The average Bonchev–Trinajstić information content (AvgIpc) is 1.65. The molecule has 0 aromatic carbocycles. The Morgan fingerprint density at radius 2 is 1.22 bits per heavy atom. The summed E-state index contributed by atoms with van der Waals surface area (Å²) in [6, 6.07) is 0. The molecule has 0 atom stereocenters. The van der Waals surface area contributed by atoms with Gasteiger partial charge in [0.2, 0.25) is 0 Å². The first-order valence-corrected chi connectivity index (χ1v) is 2.65. The van der Waals surface area contributed by atoms with Crippen molar-refractivity contribution in [2.75, 3.05) is 13.1 Å². The molecule has 0 aliphatic carbocycles. The molecule has 0 spiro atoms. The highest BCUT2D eigenvalue weighted by Gasteiger charge is 1.83. The van der Waals surface area contributed by atoms with Crippen LogP contribution >= 0.6 is 63.8 Å². The first kappa shape index (κ1) is 22.4. The summed E-state index contributed by atoms with van der Waals surface area (Å²) >= 11 is 4.06. The van der Waals surface area contributed by atoms with E-state index in [1.165, 1.54) is 0 Å². The molecule has 0 saturated heterocycles. The third-order valence-electron chi connectivity index (χ3n) is 0.730. The number of hydrogen-bond acceptors (Lipinski definition) is 2. The van der Waals surface area contributed by atoms with Gasteiger partial charge in [-0.05, 0) is 0 Å². The van der Waals surface area contributed by atoms with Crippen molar-refractivity contribution in [2.45, 2.75) is 13.8 Å². The Hall–Kier alpha value is 1.75. The SMILES string of the molecule is Br.Br.Br.CCN(S)CC. The smallest absolute Gasteiger partial charge is 0.00584 e. The van der Waals surface area contributed by atoms with Crippen LogP contribution in [0, 0.1) is 0 Å². The normalized spacial score (nSPS) is 6.67. The fourth-order valence-corrected chi connectivity index (χ4v) is 0.224. The summed E-state index contributed by atoms with van der Waals surface area (Å²) in [6.45, 7) is 6.21. The Kier molecular flexibility index (Phi) is 40.8. The van der Waals surface area contributed by atoms with Gasteiger partial charge in [0, 0.05) is 13.1 Å². The predicted molar refractivity (Wildman–Crippen MR) is 62.9 cm³/mol. The first-order chi connectivity index (χ1) is 2.81. The van der Waals surface area contributed by atoms with Gasteiger partial charge in [-0.2, -0.15) is 0 Å². The van der Waals surface area contributed by atoms with Gasteiger partial charge < -0.3 is 0 Å². The number of halogens is 3. The Bertz CT molecular complexity index is 35.0. The van der Waals surface area contributed by atoms with E-state index in [0.717, 1.165) is 13.1 Å². The van der Waals surface area contributed by atoms with Crippen LogP contribution in [-0.4, -0.2) is 17.4 Å². The zero-order valence-electron chi connectivity index (χ0n) is 5.53. The van der Waals surface area contributed by atoms with Crippen LogP contribution in [0.15, 0.2) is 0 Å². The summed E-state index contributed by atoms with van der Waals surface area (Å²) in [5.41, 5.74) is 0. The second-order valence-corrected chi connectivity index (χ2v) is 1.70. The molecule has 0 aromatic heterocycles. The lowest BCUT2D eigenvalue weighted by molar-refractivity contribution is 0.532. The maximum atomic E-state index is 4.06. The maximum absolute atomic E-state index is 4.06. The third-order valence-corrected chi connectivity index (χ3v) is 1.30. The largest absolute Gasteiger partial charge is 0.254 e. The van der Waals surface area contributed by atoms with Crippen LogP contribution in [0.2, 0.25) is 0 Å². The van der Waals surface area contributed by atoms with Crippen LogP contribution in [0.25, 0.3) is 0 Å². The minimum Gasteiger partial charge on any atom is -0.254 e. The summed E-state index contributed by atoms with van der Waals surface area (Å²) in [4.78, 5) is 0. The van der Waals surface area contributed by atoms with E-state index >= 15 is 0 Å². The van der Waals surface area contributed by atoms with E-state index in [2.05, 4.69) is 26.7 Å². The summed E-state index contributed by atoms with van der Waals surface area (Å²) < 4.78 is 1.94. The van der Waals surface area contributed by atoms with E-state index in [0.29, 0.717) is 0 Å². The molecule has 1 nitrogen and oxygen atoms in total. The van der Waals surface area contributed by atoms with Crippen molar-refractivity contribution in [1.82, 2.24) is 4.31 Å². The van der Waals surface area contributed by atoms with Gasteiger partial charge >= 0.3 is 0 Å². The predicted octanol–water partition coefficient (Wildman–Crippen LogP) is 2.91. The van der Waals surface area contributed by atoms with Gasteiger partial charge in [-0.15, -0.1) is 50.9 Å². The third kappa shape index (κ3) is 17.7. The van der Waals surface area contributed by atoms with Gasteiger partial charge in [-0.1, -0.05) is 26.7 Å². The molecular formula is C4H14Br3NS. The van der Waals surface area contributed by atoms with Gasteiger partial charge in [-0.3, -0.25) is 4.31 Å². The van der Waals surface area contributed by atoms with Gasteiger partial charge in [0.1, 0.15) is 0 Å². The molecule has 9 heavy (non-hydrogen) atoms. The average molecular weight is 348 g/mol. The molecule has 0 heterocycles. The topological polar surface area (TPSA) is 3.24 Å². The number of hydrogen-bond donors (Lipinski definition) is 1. The number of thiol groups is 1. The fraction of sp³-hybridized carbons (Fsp3) is 1.00. The molecule has 0 amide bonds. The lowest BCUT2D eigenvalue weighted by Crippen LogP contribution is -2.08. The molecule has 0 saturated carbocycles. The lowest BCUT2D eigenvalue weighted by atomic mass is 10.7. The summed E-state index contributed by atoms with van der Waals surface area (Å²) in [7, 11) is 0. The second-order valence-electron chi connectivity index (χ2n) is 1.14. The highest BCUT2D eigenvalue weighted by atomic mass is 79.9. The van der Waals surface area contributed by atoms with Crippen LogP contribution in [0.1, 0.15) is 13.8 Å². The summed E-state index contributed by atoms with van der Waals surface area (Å²) in [5.74, 6) is 0. The van der Waals surface area contributed by atoms with Gasteiger partial charge in [0.15, 0.2) is 0 Å². The van der Waals surface area contributed by atoms with Crippen molar-refractivity contribution in [1.29, 1.82) is 0 Å². The van der Waals surface area contributed by atoms with Crippen molar-refractivity contribution in [3.05, 3.63) is 0 Å². The van der Waals surface area contributed by atoms with Crippen LogP contribution in [0.3, 0.4) is 0 Å². The van der Waals surface area contributed by atoms with Crippen LogP contribution in [0.5, 0.6) is 0 Å².